The molecule has 2 aliphatic rings. The second-order valence-electron chi connectivity index (χ2n) is 6.21. The average Bonchev–Trinajstić information content (AvgIpc) is 2.52. The number of hydrogen-bond acceptors (Lipinski definition) is 4. The van der Waals surface area contributed by atoms with Gasteiger partial charge in [-0.25, -0.2) is 0 Å². The molecular weight excluding hydrogens is 421 g/mol. The van der Waals surface area contributed by atoms with Crippen LogP contribution in [0.2, 0.25) is 0 Å². The molecule has 1 heterocycles. The van der Waals surface area contributed by atoms with Gasteiger partial charge in [0, 0.05) is 65.9 Å². The van der Waals surface area contributed by atoms with Crippen molar-refractivity contribution in [2.24, 2.45) is 10.9 Å². The van der Waals surface area contributed by atoms with Crippen molar-refractivity contribution in [1.29, 1.82) is 0 Å². The zero-order valence-corrected chi connectivity index (χ0v) is 17.3. The van der Waals surface area contributed by atoms with Gasteiger partial charge in [-0.1, -0.05) is 6.42 Å². The van der Waals surface area contributed by atoms with E-state index in [4.69, 9.17) is 4.74 Å². The van der Waals surface area contributed by atoms with Gasteiger partial charge >= 0.3 is 0 Å². The Morgan fingerprint density at radius 2 is 1.83 bits per heavy atom. The molecule has 1 aliphatic heterocycles. The average molecular weight is 453 g/mol. The van der Waals surface area contributed by atoms with Crippen LogP contribution in [0.1, 0.15) is 19.3 Å². The van der Waals surface area contributed by atoms with E-state index in [1.807, 2.05) is 0 Å². The Bertz CT molecular complexity index is 396. The van der Waals surface area contributed by atoms with Crippen molar-refractivity contribution in [2.45, 2.75) is 19.3 Å². The lowest BCUT2D eigenvalue weighted by Gasteiger charge is -2.38. The molecule has 1 saturated heterocycles. The van der Waals surface area contributed by atoms with Gasteiger partial charge in [0.2, 0.25) is 5.91 Å². The topological polar surface area (TPSA) is 69.2 Å². The molecule has 0 aromatic heterocycles. The number of nitrogens with zero attached hydrogens (tertiary/aromatic N) is 3. The van der Waals surface area contributed by atoms with Gasteiger partial charge in [0.1, 0.15) is 0 Å². The van der Waals surface area contributed by atoms with Gasteiger partial charge in [-0.05, 0) is 12.8 Å². The highest BCUT2D eigenvalue weighted by Crippen LogP contribution is 2.28. The molecule has 0 radical (unpaired) electrons. The molecule has 1 amide bonds. The second kappa shape index (κ2) is 11.9. The van der Waals surface area contributed by atoms with E-state index in [0.29, 0.717) is 18.4 Å². The van der Waals surface area contributed by atoms with Gasteiger partial charge < -0.3 is 20.3 Å². The normalized spacial score (nSPS) is 19.4. The first-order valence-corrected chi connectivity index (χ1v) is 8.69. The highest BCUT2D eigenvalue weighted by molar-refractivity contribution is 14.0. The summed E-state index contributed by atoms with van der Waals surface area (Å²) in [5.41, 5.74) is 0. The third kappa shape index (κ3) is 6.72. The first-order valence-electron chi connectivity index (χ1n) is 8.69. The Balaban J connectivity index is 0.00000288. The van der Waals surface area contributed by atoms with Crippen LogP contribution in [0.15, 0.2) is 4.99 Å². The summed E-state index contributed by atoms with van der Waals surface area (Å²) in [4.78, 5) is 20.9. The van der Waals surface area contributed by atoms with Crippen LogP contribution < -0.4 is 10.6 Å². The molecule has 2 N–H and O–H groups in total. The number of carbonyl (C=O) groups excluding carboxylic acids is 1. The molecule has 0 bridgehead atoms. The van der Waals surface area contributed by atoms with Crippen molar-refractivity contribution >= 4 is 35.8 Å². The van der Waals surface area contributed by atoms with Crippen molar-refractivity contribution < 1.29 is 9.53 Å². The van der Waals surface area contributed by atoms with E-state index < -0.39 is 0 Å². The van der Waals surface area contributed by atoms with E-state index in [2.05, 4.69) is 25.4 Å². The predicted molar refractivity (Wildman–Crippen MR) is 107 cm³/mol. The Morgan fingerprint density at radius 1 is 1.17 bits per heavy atom. The molecule has 24 heavy (non-hydrogen) atoms. The van der Waals surface area contributed by atoms with Gasteiger partial charge in [0.25, 0.3) is 0 Å². The van der Waals surface area contributed by atoms with E-state index in [1.165, 1.54) is 6.42 Å². The van der Waals surface area contributed by atoms with Gasteiger partial charge in [-0.2, -0.15) is 0 Å². The lowest BCUT2D eigenvalue weighted by molar-refractivity contribution is -0.139. The van der Waals surface area contributed by atoms with Crippen LogP contribution in [0.4, 0.5) is 0 Å². The van der Waals surface area contributed by atoms with Crippen LogP contribution >= 0.6 is 24.0 Å². The smallest absolute Gasteiger partial charge is 0.225 e. The molecule has 0 spiro atoms. The third-order valence-corrected chi connectivity index (χ3v) is 4.68. The summed E-state index contributed by atoms with van der Waals surface area (Å²) >= 11 is 0. The summed E-state index contributed by atoms with van der Waals surface area (Å²) in [7, 11) is 3.46. The molecule has 1 aliphatic carbocycles. The lowest BCUT2D eigenvalue weighted by Crippen LogP contribution is -2.52. The van der Waals surface area contributed by atoms with Gasteiger partial charge in [-0.3, -0.25) is 14.7 Å². The quantitative estimate of drug-likeness (QED) is 0.252. The van der Waals surface area contributed by atoms with Crippen LogP contribution in [-0.4, -0.2) is 88.2 Å². The predicted octanol–water partition coefficient (Wildman–Crippen LogP) is 0.360. The maximum atomic E-state index is 12.2. The van der Waals surface area contributed by atoms with E-state index >= 15 is 0 Å². The van der Waals surface area contributed by atoms with Crippen molar-refractivity contribution in [3.63, 3.8) is 0 Å². The van der Waals surface area contributed by atoms with E-state index in [1.54, 1.807) is 14.2 Å². The first kappa shape index (κ1) is 21.4. The van der Waals surface area contributed by atoms with E-state index in [9.17, 15) is 4.79 Å². The van der Waals surface area contributed by atoms with Gasteiger partial charge in [0.05, 0.1) is 6.61 Å². The van der Waals surface area contributed by atoms with Gasteiger partial charge in [0.15, 0.2) is 5.96 Å². The minimum atomic E-state index is 0. The summed E-state index contributed by atoms with van der Waals surface area (Å²) in [5.74, 6) is 1.52. The summed E-state index contributed by atoms with van der Waals surface area (Å²) in [5, 5.41) is 6.51. The fraction of sp³-hybridized carbons (Fsp3) is 0.875. The van der Waals surface area contributed by atoms with Crippen LogP contribution in [0.3, 0.4) is 0 Å². The molecule has 7 nitrogen and oxygen atoms in total. The fourth-order valence-electron chi connectivity index (χ4n) is 2.93. The van der Waals surface area contributed by atoms with Crippen molar-refractivity contribution in [3.05, 3.63) is 0 Å². The molecular formula is C16H32IN5O2. The minimum absolute atomic E-state index is 0. The number of nitrogens with one attached hydrogen (secondary N) is 2. The standard InChI is InChI=1S/C16H31N5O2.HI/c1-17-16(19-7-13-23-2)18-6-8-20-9-11-21(12-10-20)15(22)14-4-3-5-14;/h14H,3-13H2,1-2H3,(H2,17,18,19);1H. The molecule has 1 saturated carbocycles. The summed E-state index contributed by atoms with van der Waals surface area (Å²) in [6.45, 7) is 6.91. The zero-order chi connectivity index (χ0) is 16.5. The Hall–Kier alpha value is -0.610. The number of hydrogen-bond donors (Lipinski definition) is 2. The van der Waals surface area contributed by atoms with Crippen LogP contribution in [0.25, 0.3) is 0 Å². The zero-order valence-electron chi connectivity index (χ0n) is 14.9. The molecule has 0 aromatic carbocycles. The van der Waals surface area contributed by atoms with Crippen LogP contribution in [0, 0.1) is 5.92 Å². The van der Waals surface area contributed by atoms with Crippen molar-refractivity contribution in [2.75, 3.05) is 66.6 Å². The largest absolute Gasteiger partial charge is 0.383 e. The lowest BCUT2D eigenvalue weighted by atomic mass is 9.84. The number of amides is 1. The number of rotatable bonds is 7. The molecule has 0 unspecified atom stereocenters. The first-order chi connectivity index (χ1) is 11.2. The SMILES string of the molecule is CN=C(NCCOC)NCCN1CCN(C(=O)C2CCC2)CC1.I. The van der Waals surface area contributed by atoms with Crippen LogP contribution in [-0.2, 0) is 9.53 Å². The van der Waals surface area contributed by atoms with Crippen molar-refractivity contribution in [3.8, 4) is 0 Å². The third-order valence-electron chi connectivity index (χ3n) is 4.68. The highest BCUT2D eigenvalue weighted by Gasteiger charge is 2.30. The highest BCUT2D eigenvalue weighted by atomic mass is 127. The summed E-state index contributed by atoms with van der Waals surface area (Å²) in [6, 6.07) is 0. The Morgan fingerprint density at radius 3 is 2.38 bits per heavy atom. The monoisotopic (exact) mass is 453 g/mol. The summed E-state index contributed by atoms with van der Waals surface area (Å²) in [6.07, 6.45) is 3.41. The van der Waals surface area contributed by atoms with E-state index in [-0.39, 0.29) is 24.0 Å². The summed E-state index contributed by atoms with van der Waals surface area (Å²) < 4.78 is 5.01. The molecule has 8 heteroatoms. The maximum Gasteiger partial charge on any atom is 0.225 e. The van der Waals surface area contributed by atoms with E-state index in [0.717, 1.165) is 64.6 Å². The molecule has 140 valence electrons. The number of guanidine groups is 1. The second-order valence-corrected chi connectivity index (χ2v) is 6.21. The number of ether oxygens (including phenoxy) is 1. The molecule has 0 aromatic rings. The number of aliphatic imine (C=N–C) groups is 1. The number of methoxy groups -OCH3 is 1. The maximum absolute atomic E-state index is 12.2. The van der Waals surface area contributed by atoms with Gasteiger partial charge in [-0.15, -0.1) is 24.0 Å². The Labute approximate surface area is 162 Å². The number of carbonyl (C=O) groups is 1. The minimum Gasteiger partial charge on any atom is -0.383 e. The van der Waals surface area contributed by atoms with Crippen LogP contribution in [0.5, 0.6) is 0 Å². The van der Waals surface area contributed by atoms with Crippen molar-refractivity contribution in [1.82, 2.24) is 20.4 Å². The number of halogens is 1. The molecule has 2 rings (SSSR count). The molecule has 2 fully saturated rings. The Kier molecular flexibility index (Phi) is 10.6. The molecule has 0 atom stereocenters. The fourth-order valence-corrected chi connectivity index (χ4v) is 2.93. The number of piperazine rings is 1.